The van der Waals surface area contributed by atoms with Crippen LogP contribution in [0.2, 0.25) is 0 Å². The van der Waals surface area contributed by atoms with Crippen molar-refractivity contribution in [3.05, 3.63) is 59.7 Å². The average Bonchev–Trinajstić information content (AvgIpc) is 2.68. The van der Waals surface area contributed by atoms with Crippen LogP contribution in [0, 0.1) is 0 Å². The van der Waals surface area contributed by atoms with Crippen molar-refractivity contribution in [3.63, 3.8) is 0 Å². The molecule has 8 nitrogen and oxygen atoms in total. The summed E-state index contributed by atoms with van der Waals surface area (Å²) in [5.74, 6) is -1.20. The minimum Gasteiger partial charge on any atom is -0.478 e. The van der Waals surface area contributed by atoms with Gasteiger partial charge in [-0.1, -0.05) is 0 Å². The van der Waals surface area contributed by atoms with Gasteiger partial charge < -0.3 is 14.9 Å². The number of rotatable bonds is 5. The standard InChI is InChI=1S/C19H21N3O5S/c1-21-10-12-22(13-11-21)18(23)14-2-6-16(7-3-14)20-28(26,27)17-8-4-15(5-9-17)19(24)25/h2-9,20H,10-13H2,1H3,(H,24,25). The predicted molar refractivity (Wildman–Crippen MR) is 104 cm³/mol. The third kappa shape index (κ3) is 4.49. The van der Waals surface area contributed by atoms with E-state index in [0.29, 0.717) is 24.3 Å². The van der Waals surface area contributed by atoms with E-state index in [-0.39, 0.29) is 16.4 Å². The van der Waals surface area contributed by atoms with Gasteiger partial charge in [-0.05, 0) is 55.6 Å². The molecule has 1 amide bonds. The second-order valence-corrected chi connectivity index (χ2v) is 8.29. The van der Waals surface area contributed by atoms with E-state index in [1.54, 1.807) is 17.0 Å². The first kappa shape index (κ1) is 19.8. The molecular formula is C19H21N3O5S. The number of hydrogen-bond donors (Lipinski definition) is 2. The van der Waals surface area contributed by atoms with Crippen molar-refractivity contribution in [2.24, 2.45) is 0 Å². The zero-order valence-corrected chi connectivity index (χ0v) is 16.1. The summed E-state index contributed by atoms with van der Waals surface area (Å²) in [6, 6.07) is 11.2. The number of carboxylic acids is 1. The third-order valence-electron chi connectivity index (χ3n) is 4.59. The number of aromatic carboxylic acids is 1. The molecule has 1 aliphatic rings. The number of carbonyl (C=O) groups excluding carboxylic acids is 1. The summed E-state index contributed by atoms with van der Waals surface area (Å²) in [7, 11) is -1.85. The fourth-order valence-electron chi connectivity index (χ4n) is 2.86. The number of piperazine rings is 1. The van der Waals surface area contributed by atoms with Gasteiger partial charge in [-0.15, -0.1) is 0 Å². The average molecular weight is 403 g/mol. The minimum atomic E-state index is -3.86. The molecule has 0 spiro atoms. The highest BCUT2D eigenvalue weighted by atomic mass is 32.2. The van der Waals surface area contributed by atoms with Crippen molar-refractivity contribution in [2.75, 3.05) is 37.9 Å². The van der Waals surface area contributed by atoms with Crippen LogP contribution in [0.1, 0.15) is 20.7 Å². The topological polar surface area (TPSA) is 107 Å². The smallest absolute Gasteiger partial charge is 0.335 e. The summed E-state index contributed by atoms with van der Waals surface area (Å²) in [5.41, 5.74) is 0.821. The highest BCUT2D eigenvalue weighted by Crippen LogP contribution is 2.18. The van der Waals surface area contributed by atoms with E-state index in [1.165, 1.54) is 36.4 Å². The van der Waals surface area contributed by atoms with Crippen LogP contribution >= 0.6 is 0 Å². The Morgan fingerprint density at radius 2 is 1.43 bits per heavy atom. The number of nitrogens with zero attached hydrogens (tertiary/aromatic N) is 2. The quantitative estimate of drug-likeness (QED) is 0.785. The fraction of sp³-hybridized carbons (Fsp3) is 0.263. The molecule has 0 radical (unpaired) electrons. The maximum Gasteiger partial charge on any atom is 0.335 e. The molecule has 1 heterocycles. The summed E-state index contributed by atoms with van der Waals surface area (Å²) >= 11 is 0. The molecule has 0 aliphatic carbocycles. The molecule has 148 valence electrons. The summed E-state index contributed by atoms with van der Waals surface area (Å²) in [4.78, 5) is 27.3. The second kappa shape index (κ2) is 7.99. The Bertz CT molecular complexity index is 964. The maximum atomic E-state index is 12.5. The molecule has 0 bridgehead atoms. The Kier molecular flexibility index (Phi) is 5.66. The van der Waals surface area contributed by atoms with E-state index in [2.05, 4.69) is 9.62 Å². The van der Waals surface area contributed by atoms with Crippen LogP contribution < -0.4 is 4.72 Å². The molecule has 3 rings (SSSR count). The lowest BCUT2D eigenvalue weighted by atomic mass is 10.1. The first-order valence-electron chi connectivity index (χ1n) is 8.70. The van der Waals surface area contributed by atoms with Gasteiger partial charge in [0.15, 0.2) is 0 Å². The molecule has 1 saturated heterocycles. The zero-order valence-electron chi connectivity index (χ0n) is 15.3. The zero-order chi connectivity index (χ0) is 20.3. The first-order chi connectivity index (χ1) is 13.3. The van der Waals surface area contributed by atoms with E-state index in [1.807, 2.05) is 7.05 Å². The number of benzene rings is 2. The van der Waals surface area contributed by atoms with E-state index >= 15 is 0 Å². The number of carbonyl (C=O) groups is 2. The summed E-state index contributed by atoms with van der Waals surface area (Å²) in [6.07, 6.45) is 0. The van der Waals surface area contributed by atoms with Crippen molar-refractivity contribution >= 4 is 27.6 Å². The fourth-order valence-corrected chi connectivity index (χ4v) is 3.92. The number of amides is 1. The number of carboxylic acid groups (broad SMARTS) is 1. The molecule has 0 aromatic heterocycles. The van der Waals surface area contributed by atoms with Gasteiger partial charge in [-0.25, -0.2) is 13.2 Å². The van der Waals surface area contributed by atoms with Crippen LogP contribution in [-0.4, -0.2) is 68.4 Å². The van der Waals surface area contributed by atoms with Crippen LogP contribution in [0.4, 0.5) is 5.69 Å². The highest BCUT2D eigenvalue weighted by Gasteiger charge is 2.21. The molecule has 9 heteroatoms. The number of anilines is 1. The lowest BCUT2D eigenvalue weighted by Crippen LogP contribution is -2.47. The largest absolute Gasteiger partial charge is 0.478 e. The molecule has 1 aliphatic heterocycles. The number of hydrogen-bond acceptors (Lipinski definition) is 5. The first-order valence-corrected chi connectivity index (χ1v) is 10.2. The van der Waals surface area contributed by atoms with Gasteiger partial charge in [0.1, 0.15) is 0 Å². The molecule has 0 saturated carbocycles. The Morgan fingerprint density at radius 1 is 0.893 bits per heavy atom. The second-order valence-electron chi connectivity index (χ2n) is 6.61. The predicted octanol–water partition coefficient (Wildman–Crippen LogP) is 1.57. The van der Waals surface area contributed by atoms with Gasteiger partial charge in [0.2, 0.25) is 0 Å². The summed E-state index contributed by atoms with van der Waals surface area (Å²) in [5, 5.41) is 8.89. The number of nitrogens with one attached hydrogen (secondary N) is 1. The van der Waals surface area contributed by atoms with Gasteiger partial charge in [0.25, 0.3) is 15.9 Å². The van der Waals surface area contributed by atoms with Crippen LogP contribution in [0.5, 0.6) is 0 Å². The summed E-state index contributed by atoms with van der Waals surface area (Å²) in [6.45, 7) is 2.97. The van der Waals surface area contributed by atoms with Gasteiger partial charge in [0, 0.05) is 37.4 Å². The molecule has 0 atom stereocenters. The van der Waals surface area contributed by atoms with E-state index in [0.717, 1.165) is 13.1 Å². The van der Waals surface area contributed by atoms with Gasteiger partial charge in [-0.2, -0.15) is 0 Å². The van der Waals surface area contributed by atoms with E-state index < -0.39 is 16.0 Å². The van der Waals surface area contributed by atoms with Crippen LogP contribution in [0.25, 0.3) is 0 Å². The lowest BCUT2D eigenvalue weighted by Gasteiger charge is -2.32. The Balaban J connectivity index is 1.69. The molecule has 1 fully saturated rings. The Morgan fingerprint density at radius 3 is 1.96 bits per heavy atom. The third-order valence-corrected chi connectivity index (χ3v) is 5.98. The van der Waals surface area contributed by atoms with Crippen molar-refractivity contribution in [1.82, 2.24) is 9.80 Å². The normalized spacial score (nSPS) is 15.2. The number of likely N-dealkylation sites (N-methyl/N-ethyl adjacent to an activating group) is 1. The maximum absolute atomic E-state index is 12.5. The van der Waals surface area contributed by atoms with Crippen molar-refractivity contribution in [1.29, 1.82) is 0 Å². The molecule has 0 unspecified atom stereocenters. The molecule has 2 aromatic rings. The van der Waals surface area contributed by atoms with Crippen LogP contribution in [0.15, 0.2) is 53.4 Å². The van der Waals surface area contributed by atoms with Crippen molar-refractivity contribution in [2.45, 2.75) is 4.90 Å². The number of sulfonamides is 1. The van der Waals surface area contributed by atoms with Crippen LogP contribution in [0.3, 0.4) is 0 Å². The minimum absolute atomic E-state index is 0.00530. The molecule has 2 N–H and O–H groups in total. The summed E-state index contributed by atoms with van der Waals surface area (Å²) < 4.78 is 27.3. The van der Waals surface area contributed by atoms with Crippen molar-refractivity contribution in [3.8, 4) is 0 Å². The Labute approximate surface area is 163 Å². The van der Waals surface area contributed by atoms with E-state index in [4.69, 9.17) is 5.11 Å². The SMILES string of the molecule is CN1CCN(C(=O)c2ccc(NS(=O)(=O)c3ccc(C(=O)O)cc3)cc2)CC1. The van der Waals surface area contributed by atoms with Gasteiger partial charge in [-0.3, -0.25) is 9.52 Å². The molecule has 28 heavy (non-hydrogen) atoms. The Hall–Kier alpha value is -2.91. The lowest BCUT2D eigenvalue weighted by molar-refractivity contribution is 0.0662. The monoisotopic (exact) mass is 403 g/mol. The molecule has 2 aromatic carbocycles. The highest BCUT2D eigenvalue weighted by molar-refractivity contribution is 7.92. The van der Waals surface area contributed by atoms with E-state index in [9.17, 15) is 18.0 Å². The van der Waals surface area contributed by atoms with Gasteiger partial charge in [0.05, 0.1) is 10.5 Å². The molecular weight excluding hydrogens is 382 g/mol. The van der Waals surface area contributed by atoms with Crippen LogP contribution in [-0.2, 0) is 10.0 Å². The van der Waals surface area contributed by atoms with Gasteiger partial charge >= 0.3 is 5.97 Å². The van der Waals surface area contributed by atoms with Crippen molar-refractivity contribution < 1.29 is 23.1 Å².